The summed E-state index contributed by atoms with van der Waals surface area (Å²) in [6.07, 6.45) is 0. The number of nitrogens with zero attached hydrogens (tertiary/aromatic N) is 2. The van der Waals surface area contributed by atoms with E-state index in [1.54, 1.807) is 13.2 Å². The van der Waals surface area contributed by atoms with Gasteiger partial charge in [0, 0.05) is 25.4 Å². The van der Waals surface area contributed by atoms with Crippen LogP contribution in [0.15, 0.2) is 57.0 Å². The van der Waals surface area contributed by atoms with Crippen LogP contribution in [0.4, 0.5) is 0 Å². The van der Waals surface area contributed by atoms with Gasteiger partial charge in [-0.3, -0.25) is 0 Å². The van der Waals surface area contributed by atoms with Gasteiger partial charge in [-0.25, -0.2) is 17.7 Å². The van der Waals surface area contributed by atoms with Crippen molar-refractivity contribution < 1.29 is 17.6 Å². The zero-order valence-corrected chi connectivity index (χ0v) is 15.7. The van der Waals surface area contributed by atoms with Crippen LogP contribution in [0.2, 0.25) is 0 Å². The molecule has 0 N–H and O–H groups in total. The molecule has 3 aromatic rings. The smallest absolute Gasteiger partial charge is 0.257 e. The molecule has 0 saturated heterocycles. The summed E-state index contributed by atoms with van der Waals surface area (Å²) in [4.78, 5) is 4.58. The molecule has 0 spiro atoms. The van der Waals surface area contributed by atoms with E-state index in [2.05, 4.69) is 4.98 Å². The highest BCUT2D eigenvalue weighted by molar-refractivity contribution is 7.98. The molecule has 132 valence electrons. The first-order valence-corrected chi connectivity index (χ1v) is 9.92. The second kappa shape index (κ2) is 7.07. The lowest BCUT2D eigenvalue weighted by molar-refractivity contribution is 0.411. The quantitative estimate of drug-likeness (QED) is 0.612. The number of hydrogen-bond donors (Lipinski definition) is 0. The third kappa shape index (κ3) is 3.65. The minimum absolute atomic E-state index is 0.194. The molecule has 1 aromatic heterocycles. The monoisotopic (exact) mass is 378 g/mol. The Kier molecular flexibility index (Phi) is 5.03. The molecule has 2 aromatic carbocycles. The Bertz CT molecular complexity index is 997. The normalized spacial score (nSPS) is 12.0. The molecular weight excluding hydrogens is 360 g/mol. The van der Waals surface area contributed by atoms with Gasteiger partial charge in [-0.1, -0.05) is 30.0 Å². The number of oxazole rings is 1. The number of benzene rings is 2. The highest BCUT2D eigenvalue weighted by Crippen LogP contribution is 2.30. The van der Waals surface area contributed by atoms with Crippen molar-refractivity contribution >= 4 is 32.9 Å². The van der Waals surface area contributed by atoms with Crippen molar-refractivity contribution in [3.8, 4) is 5.75 Å². The second-order valence-electron chi connectivity index (χ2n) is 5.50. The van der Waals surface area contributed by atoms with Gasteiger partial charge in [0.2, 0.25) is 10.0 Å². The Morgan fingerprint density at radius 2 is 1.96 bits per heavy atom. The Hall–Kier alpha value is -2.03. The summed E-state index contributed by atoms with van der Waals surface area (Å²) in [5.74, 6) is 1.45. The largest absolute Gasteiger partial charge is 0.496 e. The maximum atomic E-state index is 12.2. The van der Waals surface area contributed by atoms with Crippen LogP contribution < -0.4 is 4.74 Å². The van der Waals surface area contributed by atoms with Gasteiger partial charge in [-0.05, 0) is 24.3 Å². The van der Waals surface area contributed by atoms with Gasteiger partial charge in [0.1, 0.15) is 11.3 Å². The third-order valence-electron chi connectivity index (χ3n) is 3.66. The van der Waals surface area contributed by atoms with Gasteiger partial charge in [-0.2, -0.15) is 0 Å². The molecule has 8 heteroatoms. The number of fused-ring (bicyclic) bond motifs is 1. The number of methoxy groups -OCH3 is 1. The molecule has 0 radical (unpaired) electrons. The van der Waals surface area contributed by atoms with Crippen molar-refractivity contribution in [1.82, 2.24) is 9.29 Å². The lowest BCUT2D eigenvalue weighted by Crippen LogP contribution is -2.22. The molecule has 0 amide bonds. The number of rotatable bonds is 6. The van der Waals surface area contributed by atoms with Crippen molar-refractivity contribution in [3.05, 3.63) is 48.0 Å². The molecule has 0 aliphatic carbocycles. The van der Waals surface area contributed by atoms with Crippen molar-refractivity contribution in [2.45, 2.75) is 15.9 Å². The molecule has 0 unspecified atom stereocenters. The van der Waals surface area contributed by atoms with Crippen LogP contribution in [-0.2, 0) is 15.8 Å². The molecule has 0 saturated carbocycles. The van der Waals surface area contributed by atoms with Crippen LogP contribution in [0, 0.1) is 0 Å². The molecule has 0 fully saturated rings. The minimum Gasteiger partial charge on any atom is -0.496 e. The SMILES string of the molecule is COc1ccccc1CSc1nc2cc(S(=O)(=O)N(C)C)ccc2o1. The van der Waals surface area contributed by atoms with Gasteiger partial charge in [0.25, 0.3) is 5.22 Å². The fraction of sp³-hybridized carbons (Fsp3) is 0.235. The summed E-state index contributed by atoms with van der Waals surface area (Å²) in [5.41, 5.74) is 2.11. The minimum atomic E-state index is -3.50. The van der Waals surface area contributed by atoms with Gasteiger partial charge in [-0.15, -0.1) is 0 Å². The number of hydrogen-bond acceptors (Lipinski definition) is 6. The first-order valence-electron chi connectivity index (χ1n) is 7.49. The van der Waals surface area contributed by atoms with Crippen molar-refractivity contribution in [1.29, 1.82) is 0 Å². The average Bonchev–Trinajstić information content (AvgIpc) is 3.02. The molecule has 0 atom stereocenters. The molecule has 6 nitrogen and oxygen atoms in total. The number of aromatic nitrogens is 1. The van der Waals surface area contributed by atoms with Crippen LogP contribution >= 0.6 is 11.8 Å². The van der Waals surface area contributed by atoms with E-state index in [-0.39, 0.29) is 4.90 Å². The summed E-state index contributed by atoms with van der Waals surface area (Å²) < 4.78 is 36.6. The van der Waals surface area contributed by atoms with E-state index in [0.717, 1.165) is 11.3 Å². The number of ether oxygens (including phenoxy) is 1. The first kappa shape index (κ1) is 17.8. The summed E-state index contributed by atoms with van der Waals surface area (Å²) in [6.45, 7) is 0. The highest BCUT2D eigenvalue weighted by Gasteiger charge is 2.19. The topological polar surface area (TPSA) is 72.6 Å². The van der Waals surface area contributed by atoms with Crippen molar-refractivity contribution in [3.63, 3.8) is 0 Å². The van der Waals surface area contributed by atoms with Crippen LogP contribution in [0.3, 0.4) is 0 Å². The number of sulfonamides is 1. The van der Waals surface area contributed by atoms with E-state index in [9.17, 15) is 8.42 Å². The molecular formula is C17H18N2O4S2. The van der Waals surface area contributed by atoms with Crippen molar-refractivity contribution in [2.24, 2.45) is 0 Å². The van der Waals surface area contributed by atoms with Crippen molar-refractivity contribution in [2.75, 3.05) is 21.2 Å². The Labute approximate surface area is 150 Å². The van der Waals surface area contributed by atoms with Crippen LogP contribution in [-0.4, -0.2) is 38.9 Å². The summed E-state index contributed by atoms with van der Waals surface area (Å²) >= 11 is 1.43. The van der Waals surface area contributed by atoms with Crippen LogP contribution in [0.25, 0.3) is 11.1 Å². The van der Waals surface area contributed by atoms with Crippen LogP contribution in [0.5, 0.6) is 5.75 Å². The van der Waals surface area contributed by atoms with Gasteiger partial charge in [0.05, 0.1) is 12.0 Å². The summed E-state index contributed by atoms with van der Waals surface area (Å²) in [5, 5.41) is 0.486. The standard InChI is InChI=1S/C17H18N2O4S2/c1-19(2)25(20,21)13-8-9-16-14(10-13)18-17(23-16)24-11-12-6-4-5-7-15(12)22-3/h4-10H,11H2,1-3H3. The molecule has 25 heavy (non-hydrogen) atoms. The maximum absolute atomic E-state index is 12.2. The Morgan fingerprint density at radius 3 is 2.68 bits per heavy atom. The van der Waals surface area contributed by atoms with E-state index >= 15 is 0 Å². The average molecular weight is 378 g/mol. The van der Waals surface area contributed by atoms with Gasteiger partial charge >= 0.3 is 0 Å². The van der Waals surface area contributed by atoms with E-state index in [4.69, 9.17) is 9.15 Å². The number of thioether (sulfide) groups is 1. The summed E-state index contributed by atoms with van der Waals surface area (Å²) in [7, 11) is 1.13. The zero-order chi connectivity index (χ0) is 18.0. The van der Waals surface area contributed by atoms with E-state index < -0.39 is 10.0 Å². The lowest BCUT2D eigenvalue weighted by atomic mass is 10.2. The first-order chi connectivity index (χ1) is 11.9. The Balaban J connectivity index is 1.84. The Morgan fingerprint density at radius 1 is 1.20 bits per heavy atom. The number of para-hydroxylation sites is 1. The van der Waals surface area contributed by atoms with Gasteiger partial charge in [0.15, 0.2) is 5.58 Å². The van der Waals surface area contributed by atoms with E-state index in [1.807, 2.05) is 24.3 Å². The molecule has 0 bridgehead atoms. The molecule has 0 aliphatic rings. The van der Waals surface area contributed by atoms with E-state index in [0.29, 0.717) is 22.1 Å². The lowest BCUT2D eigenvalue weighted by Gasteiger charge is -2.10. The third-order valence-corrected chi connectivity index (χ3v) is 6.35. The molecule has 1 heterocycles. The molecule has 0 aliphatic heterocycles. The maximum Gasteiger partial charge on any atom is 0.257 e. The van der Waals surface area contributed by atoms with Gasteiger partial charge < -0.3 is 9.15 Å². The fourth-order valence-corrected chi connectivity index (χ4v) is 4.03. The predicted molar refractivity (Wildman–Crippen MR) is 97.4 cm³/mol. The second-order valence-corrected chi connectivity index (χ2v) is 8.58. The zero-order valence-electron chi connectivity index (χ0n) is 14.1. The highest BCUT2D eigenvalue weighted by atomic mass is 32.2. The fourth-order valence-electron chi connectivity index (χ4n) is 2.28. The summed E-state index contributed by atoms with van der Waals surface area (Å²) in [6, 6.07) is 12.4. The predicted octanol–water partition coefficient (Wildman–Crippen LogP) is 3.38. The van der Waals surface area contributed by atoms with Crippen LogP contribution in [0.1, 0.15) is 5.56 Å². The van der Waals surface area contributed by atoms with E-state index in [1.165, 1.54) is 42.3 Å². The molecule has 3 rings (SSSR count).